The smallest absolute Gasteiger partial charge is 0.394 e. The third-order valence-corrected chi connectivity index (χ3v) is 6.69. The molecule has 1 aromatic heterocycles. The summed E-state index contributed by atoms with van der Waals surface area (Å²) >= 11 is 0. The first-order valence-electron chi connectivity index (χ1n) is 11.7. The number of hydrogen-bond donors (Lipinski definition) is 1. The molecular formula is C25H27F3N6O. The number of benzene rings is 2. The van der Waals surface area contributed by atoms with Crippen LogP contribution in [0.4, 0.5) is 25.1 Å². The lowest BCUT2D eigenvalue weighted by Crippen LogP contribution is -2.45. The molecule has 0 unspecified atom stereocenters. The Bertz CT molecular complexity index is 1200. The number of aliphatic hydroxyl groups excluding tert-OH is 1. The minimum atomic E-state index is -4.47. The highest BCUT2D eigenvalue weighted by Gasteiger charge is 2.32. The summed E-state index contributed by atoms with van der Waals surface area (Å²) in [5.41, 5.74) is 1.69. The Kier molecular flexibility index (Phi) is 6.33. The van der Waals surface area contributed by atoms with Gasteiger partial charge in [0.1, 0.15) is 0 Å². The summed E-state index contributed by atoms with van der Waals surface area (Å²) in [6.07, 6.45) is -3.72. The number of piperazine rings is 1. The molecule has 10 heteroatoms. The van der Waals surface area contributed by atoms with E-state index in [0.717, 1.165) is 42.8 Å². The highest BCUT2D eigenvalue weighted by atomic mass is 19.4. The number of aromatic nitrogens is 3. The summed E-state index contributed by atoms with van der Waals surface area (Å²) in [6.45, 7) is 3.51. The zero-order valence-corrected chi connectivity index (χ0v) is 19.4. The largest absolute Gasteiger partial charge is 0.416 e. The molecule has 0 bridgehead atoms. The standard InChI is InChI=1S/C25H27F3N6O/c1-32-11-13-33(14-12-32)23-29-22(18-6-4-7-19(15-18)25(26,27)28)30-24(31-23)34-10-9-17-5-2-3-8-20(17)21(34)16-35/h2-8,15,21,35H,9-14,16H2,1H3/t21-/m0/s1. The molecule has 0 radical (unpaired) electrons. The zero-order valence-electron chi connectivity index (χ0n) is 19.4. The van der Waals surface area contributed by atoms with Gasteiger partial charge in [0.2, 0.25) is 11.9 Å². The highest BCUT2D eigenvalue weighted by molar-refractivity contribution is 5.60. The maximum absolute atomic E-state index is 13.4. The van der Waals surface area contributed by atoms with E-state index in [-0.39, 0.29) is 24.0 Å². The van der Waals surface area contributed by atoms with Gasteiger partial charge in [-0.05, 0) is 36.7 Å². The first kappa shape index (κ1) is 23.5. The third kappa shape index (κ3) is 4.81. The predicted octanol–water partition coefficient (Wildman–Crippen LogP) is 3.41. The first-order chi connectivity index (χ1) is 16.8. The van der Waals surface area contributed by atoms with Gasteiger partial charge in [-0.1, -0.05) is 36.4 Å². The van der Waals surface area contributed by atoms with Crippen LogP contribution in [0.1, 0.15) is 22.7 Å². The number of rotatable bonds is 4. The van der Waals surface area contributed by atoms with Crippen LogP contribution in [-0.2, 0) is 12.6 Å². The summed E-state index contributed by atoms with van der Waals surface area (Å²) in [6, 6.07) is 12.6. The molecular weight excluding hydrogens is 457 g/mol. The summed E-state index contributed by atoms with van der Waals surface area (Å²) in [5, 5.41) is 10.3. The van der Waals surface area contributed by atoms with Crippen molar-refractivity contribution in [2.24, 2.45) is 0 Å². The fraction of sp³-hybridized carbons (Fsp3) is 0.400. The number of alkyl halides is 3. The van der Waals surface area contributed by atoms with Gasteiger partial charge < -0.3 is 19.8 Å². The number of hydrogen-bond acceptors (Lipinski definition) is 7. The van der Waals surface area contributed by atoms with Crippen LogP contribution in [0.15, 0.2) is 48.5 Å². The van der Waals surface area contributed by atoms with Gasteiger partial charge in [-0.2, -0.15) is 28.1 Å². The summed E-state index contributed by atoms with van der Waals surface area (Å²) in [5.74, 6) is 0.978. The van der Waals surface area contributed by atoms with Crippen molar-refractivity contribution in [1.29, 1.82) is 0 Å². The van der Waals surface area contributed by atoms with Crippen molar-refractivity contribution in [3.8, 4) is 11.4 Å². The van der Waals surface area contributed by atoms with E-state index in [1.165, 1.54) is 6.07 Å². The Labute approximate surface area is 201 Å². The van der Waals surface area contributed by atoms with E-state index in [1.807, 2.05) is 41.1 Å². The van der Waals surface area contributed by atoms with Gasteiger partial charge in [-0.15, -0.1) is 0 Å². The third-order valence-electron chi connectivity index (χ3n) is 6.69. The number of anilines is 2. The van der Waals surface area contributed by atoms with Gasteiger partial charge >= 0.3 is 6.18 Å². The molecule has 3 heterocycles. The lowest BCUT2D eigenvalue weighted by atomic mass is 9.93. The molecule has 2 aliphatic rings. The number of fused-ring (bicyclic) bond motifs is 1. The van der Waals surface area contributed by atoms with E-state index in [0.29, 0.717) is 31.5 Å². The average molecular weight is 485 g/mol. The van der Waals surface area contributed by atoms with Gasteiger partial charge in [0.15, 0.2) is 5.82 Å². The zero-order chi connectivity index (χ0) is 24.6. The van der Waals surface area contributed by atoms with Crippen molar-refractivity contribution in [2.75, 3.05) is 56.2 Å². The molecule has 0 spiro atoms. The number of halogens is 3. The Balaban J connectivity index is 1.59. The maximum atomic E-state index is 13.4. The second kappa shape index (κ2) is 9.43. The Morgan fingerprint density at radius 2 is 1.66 bits per heavy atom. The van der Waals surface area contributed by atoms with Crippen LogP contribution in [-0.4, -0.2) is 71.3 Å². The molecule has 0 aliphatic carbocycles. The monoisotopic (exact) mass is 484 g/mol. The van der Waals surface area contributed by atoms with Crippen LogP contribution in [0.25, 0.3) is 11.4 Å². The highest BCUT2D eigenvalue weighted by Crippen LogP contribution is 2.35. The van der Waals surface area contributed by atoms with Gasteiger partial charge in [-0.3, -0.25) is 0 Å². The molecule has 0 saturated carbocycles. The molecule has 35 heavy (non-hydrogen) atoms. The van der Waals surface area contributed by atoms with E-state index in [9.17, 15) is 18.3 Å². The van der Waals surface area contributed by atoms with Crippen LogP contribution in [0.5, 0.6) is 0 Å². The van der Waals surface area contributed by atoms with Crippen LogP contribution in [0.3, 0.4) is 0 Å². The Hall–Kier alpha value is -3.24. The molecule has 7 nitrogen and oxygen atoms in total. The summed E-state index contributed by atoms with van der Waals surface area (Å²) in [4.78, 5) is 20.1. The van der Waals surface area contributed by atoms with E-state index >= 15 is 0 Å². The molecule has 1 saturated heterocycles. The summed E-state index contributed by atoms with van der Waals surface area (Å²) < 4.78 is 40.2. The molecule has 1 atom stereocenters. The van der Waals surface area contributed by atoms with Crippen molar-refractivity contribution in [3.05, 3.63) is 65.2 Å². The first-order valence-corrected chi connectivity index (χ1v) is 11.7. The van der Waals surface area contributed by atoms with Crippen molar-refractivity contribution >= 4 is 11.9 Å². The average Bonchev–Trinajstić information content (AvgIpc) is 2.87. The van der Waals surface area contributed by atoms with Crippen molar-refractivity contribution in [1.82, 2.24) is 19.9 Å². The topological polar surface area (TPSA) is 68.6 Å². The van der Waals surface area contributed by atoms with Crippen LogP contribution < -0.4 is 9.80 Å². The quantitative estimate of drug-likeness (QED) is 0.609. The van der Waals surface area contributed by atoms with Crippen LogP contribution in [0.2, 0.25) is 0 Å². The minimum absolute atomic E-state index is 0.134. The SMILES string of the molecule is CN1CCN(c2nc(-c3cccc(C(F)(F)F)c3)nc(N3CCc4ccccc4[C@@H]3CO)n2)CC1. The normalized spacial score (nSPS) is 19.1. The number of nitrogens with zero attached hydrogens (tertiary/aromatic N) is 6. The number of aliphatic hydroxyl groups is 1. The van der Waals surface area contributed by atoms with Crippen LogP contribution >= 0.6 is 0 Å². The molecule has 184 valence electrons. The summed E-state index contributed by atoms with van der Waals surface area (Å²) in [7, 11) is 2.04. The second-order valence-corrected chi connectivity index (χ2v) is 8.97. The van der Waals surface area contributed by atoms with E-state index < -0.39 is 11.7 Å². The Morgan fingerprint density at radius 3 is 2.40 bits per heavy atom. The maximum Gasteiger partial charge on any atom is 0.416 e. The molecule has 2 aliphatic heterocycles. The lowest BCUT2D eigenvalue weighted by molar-refractivity contribution is -0.137. The van der Waals surface area contributed by atoms with Gasteiger partial charge in [0.25, 0.3) is 0 Å². The molecule has 3 aromatic rings. The molecule has 0 amide bonds. The van der Waals surface area contributed by atoms with Crippen LogP contribution in [0, 0.1) is 0 Å². The lowest BCUT2D eigenvalue weighted by Gasteiger charge is -2.37. The van der Waals surface area contributed by atoms with Gasteiger partial charge in [-0.25, -0.2) is 0 Å². The van der Waals surface area contributed by atoms with Crippen molar-refractivity contribution in [2.45, 2.75) is 18.6 Å². The predicted molar refractivity (Wildman–Crippen MR) is 127 cm³/mol. The van der Waals surface area contributed by atoms with Crippen molar-refractivity contribution in [3.63, 3.8) is 0 Å². The number of likely N-dealkylation sites (N-methyl/N-ethyl adjacent to an activating group) is 1. The van der Waals surface area contributed by atoms with E-state index in [2.05, 4.69) is 14.9 Å². The fourth-order valence-corrected chi connectivity index (χ4v) is 4.68. The molecule has 5 rings (SSSR count). The Morgan fingerprint density at radius 1 is 0.914 bits per heavy atom. The van der Waals surface area contributed by atoms with Crippen molar-refractivity contribution < 1.29 is 18.3 Å². The second-order valence-electron chi connectivity index (χ2n) is 8.97. The van der Waals surface area contributed by atoms with Gasteiger partial charge in [0.05, 0.1) is 18.2 Å². The minimum Gasteiger partial charge on any atom is -0.394 e. The van der Waals surface area contributed by atoms with Gasteiger partial charge in [0, 0.05) is 38.3 Å². The molecule has 2 aromatic carbocycles. The van der Waals surface area contributed by atoms with E-state index in [4.69, 9.17) is 4.98 Å². The molecule has 1 N–H and O–H groups in total. The molecule has 1 fully saturated rings. The fourth-order valence-electron chi connectivity index (χ4n) is 4.68. The van der Waals surface area contributed by atoms with E-state index in [1.54, 1.807) is 6.07 Å².